The zero-order valence-electron chi connectivity index (χ0n) is 12.9. The molecule has 11 heteroatoms. The maximum atomic E-state index is 12.9. The first kappa shape index (κ1) is 20.6. The third-order valence-electron chi connectivity index (χ3n) is 3.20. The van der Waals surface area contributed by atoms with Crippen LogP contribution in [0.15, 0.2) is 46.2 Å². The van der Waals surface area contributed by atoms with Gasteiger partial charge in [0.1, 0.15) is 0 Å². The summed E-state index contributed by atoms with van der Waals surface area (Å²) < 4.78 is 77.5. The lowest BCUT2D eigenvalue weighted by molar-refractivity contribution is -0.138. The van der Waals surface area contributed by atoms with Crippen LogP contribution in [0.5, 0.6) is 0 Å². The van der Waals surface area contributed by atoms with Gasteiger partial charge in [0.2, 0.25) is 0 Å². The van der Waals surface area contributed by atoms with E-state index in [-0.39, 0.29) is 9.79 Å². The number of rotatable bonds is 4. The lowest BCUT2D eigenvalue weighted by Crippen LogP contribution is -2.08. The quantitative estimate of drug-likeness (QED) is 0.672. The zero-order valence-corrected chi connectivity index (χ0v) is 13.7. The molecule has 0 aliphatic heterocycles. The van der Waals surface area contributed by atoms with Crippen molar-refractivity contribution in [2.45, 2.75) is 22.1 Å². The molecule has 0 aromatic heterocycles. The summed E-state index contributed by atoms with van der Waals surface area (Å²) in [4.78, 5) is 21.4. The summed E-state index contributed by atoms with van der Waals surface area (Å²) in [5.41, 5.74) is -4.01. The topological polar surface area (TPSA) is 74.6 Å². The molecule has 0 saturated carbocycles. The molecule has 0 heterocycles. The van der Waals surface area contributed by atoms with E-state index in [0.29, 0.717) is 36.0 Å². The Hall–Kier alpha value is -2.69. The summed E-state index contributed by atoms with van der Waals surface area (Å²) in [6.45, 7) is 0. The first-order valence-corrected chi connectivity index (χ1v) is 7.68. The third kappa shape index (κ3) is 5.16. The minimum absolute atomic E-state index is 0.308. The summed E-state index contributed by atoms with van der Waals surface area (Å²) in [6, 6.07) is 3.61. The molecule has 0 unspecified atom stereocenters. The molecule has 0 bridgehead atoms. The second-order valence-corrected chi connectivity index (χ2v) is 6.35. The van der Waals surface area contributed by atoms with Crippen LogP contribution in [0.1, 0.15) is 31.8 Å². The van der Waals surface area contributed by atoms with Gasteiger partial charge in [0, 0.05) is 9.79 Å². The van der Waals surface area contributed by atoms with E-state index in [4.69, 9.17) is 10.2 Å². The van der Waals surface area contributed by atoms with Crippen molar-refractivity contribution in [1.29, 1.82) is 0 Å². The van der Waals surface area contributed by atoms with Crippen molar-refractivity contribution >= 4 is 23.7 Å². The molecule has 0 radical (unpaired) electrons. The summed E-state index contributed by atoms with van der Waals surface area (Å²) in [5.74, 6) is -3.31. The summed E-state index contributed by atoms with van der Waals surface area (Å²) >= 11 is 0.385. The molecule has 0 fully saturated rings. The minimum Gasteiger partial charge on any atom is -0.478 e. The number of carboxylic acids is 2. The highest BCUT2D eigenvalue weighted by atomic mass is 32.2. The third-order valence-corrected chi connectivity index (χ3v) is 4.14. The van der Waals surface area contributed by atoms with Crippen LogP contribution in [-0.2, 0) is 12.4 Å². The molecule has 2 aromatic carbocycles. The smallest absolute Gasteiger partial charge is 0.416 e. The van der Waals surface area contributed by atoms with Crippen LogP contribution in [0, 0.1) is 0 Å². The molecule has 2 aromatic rings. The van der Waals surface area contributed by atoms with Crippen LogP contribution in [0.3, 0.4) is 0 Å². The Morgan fingerprint density at radius 3 is 1.26 bits per heavy atom. The molecule has 0 atom stereocenters. The van der Waals surface area contributed by atoms with Crippen LogP contribution >= 0.6 is 11.8 Å². The van der Waals surface area contributed by atoms with Crippen molar-refractivity contribution in [2.24, 2.45) is 0 Å². The molecule has 144 valence electrons. The van der Waals surface area contributed by atoms with E-state index < -0.39 is 46.5 Å². The van der Waals surface area contributed by atoms with Gasteiger partial charge in [-0.05, 0) is 36.4 Å². The number of aromatic carboxylic acids is 2. The number of benzene rings is 2. The molecule has 27 heavy (non-hydrogen) atoms. The molecular formula is C16H8F6O4S. The van der Waals surface area contributed by atoms with Gasteiger partial charge in [-0.2, -0.15) is 26.3 Å². The highest BCUT2D eigenvalue weighted by Crippen LogP contribution is 2.38. The Balaban J connectivity index is 2.56. The fourth-order valence-corrected chi connectivity index (χ4v) is 3.04. The lowest BCUT2D eigenvalue weighted by atomic mass is 10.1. The number of carboxylic acid groups (broad SMARTS) is 2. The molecule has 2 rings (SSSR count). The predicted octanol–water partition coefficient (Wildman–Crippen LogP) is 5.27. The number of hydrogen-bond donors (Lipinski definition) is 2. The molecule has 2 N–H and O–H groups in total. The van der Waals surface area contributed by atoms with E-state index in [1.807, 2.05) is 0 Å². The van der Waals surface area contributed by atoms with Crippen molar-refractivity contribution in [3.05, 3.63) is 58.7 Å². The molecule has 0 amide bonds. The summed E-state index contributed by atoms with van der Waals surface area (Å²) in [6.07, 6.45) is -9.75. The van der Waals surface area contributed by atoms with Gasteiger partial charge in [-0.25, -0.2) is 9.59 Å². The lowest BCUT2D eigenvalue weighted by Gasteiger charge is -2.13. The van der Waals surface area contributed by atoms with Crippen molar-refractivity contribution in [3.63, 3.8) is 0 Å². The van der Waals surface area contributed by atoms with Gasteiger partial charge in [-0.1, -0.05) is 11.8 Å². The number of hydrogen-bond acceptors (Lipinski definition) is 3. The van der Waals surface area contributed by atoms with Gasteiger partial charge in [-0.15, -0.1) is 0 Å². The van der Waals surface area contributed by atoms with Crippen LogP contribution in [0.25, 0.3) is 0 Å². The Kier molecular flexibility index (Phi) is 5.45. The number of carbonyl (C=O) groups is 2. The highest BCUT2D eigenvalue weighted by Gasteiger charge is 2.33. The Morgan fingerprint density at radius 2 is 1.00 bits per heavy atom. The van der Waals surface area contributed by atoms with Crippen molar-refractivity contribution in [2.75, 3.05) is 0 Å². The van der Waals surface area contributed by atoms with Crippen molar-refractivity contribution in [1.82, 2.24) is 0 Å². The molecule has 0 spiro atoms. The van der Waals surface area contributed by atoms with Gasteiger partial charge in [0.05, 0.1) is 22.3 Å². The fraction of sp³-hybridized carbons (Fsp3) is 0.125. The van der Waals surface area contributed by atoms with Crippen molar-refractivity contribution in [3.8, 4) is 0 Å². The summed E-state index contributed by atoms with van der Waals surface area (Å²) in [7, 11) is 0. The average Bonchev–Trinajstić information content (AvgIpc) is 2.52. The predicted molar refractivity (Wildman–Crippen MR) is 80.9 cm³/mol. The van der Waals surface area contributed by atoms with Crippen LogP contribution in [0.4, 0.5) is 26.3 Å². The Bertz CT molecular complexity index is 831. The zero-order chi connectivity index (χ0) is 20.6. The maximum Gasteiger partial charge on any atom is 0.416 e. The molecule has 4 nitrogen and oxygen atoms in total. The second-order valence-electron chi connectivity index (χ2n) is 5.20. The van der Waals surface area contributed by atoms with E-state index in [2.05, 4.69) is 0 Å². The van der Waals surface area contributed by atoms with Gasteiger partial charge >= 0.3 is 24.3 Å². The van der Waals surface area contributed by atoms with Crippen LogP contribution < -0.4 is 0 Å². The van der Waals surface area contributed by atoms with E-state index in [0.717, 1.165) is 12.1 Å². The maximum absolute atomic E-state index is 12.9. The fourth-order valence-electron chi connectivity index (χ4n) is 2.03. The number of alkyl halides is 6. The Labute approximate surface area is 151 Å². The average molecular weight is 410 g/mol. The molecular weight excluding hydrogens is 402 g/mol. The minimum atomic E-state index is -4.87. The van der Waals surface area contributed by atoms with Crippen LogP contribution in [0.2, 0.25) is 0 Å². The molecule has 0 saturated heterocycles. The molecule has 0 aliphatic carbocycles. The van der Waals surface area contributed by atoms with Crippen LogP contribution in [-0.4, -0.2) is 22.2 Å². The van der Waals surface area contributed by atoms with Gasteiger partial charge < -0.3 is 10.2 Å². The first-order valence-electron chi connectivity index (χ1n) is 6.86. The van der Waals surface area contributed by atoms with E-state index in [9.17, 15) is 35.9 Å². The molecule has 0 aliphatic rings. The SMILES string of the molecule is O=C(O)c1cc(Sc2cc(C(=O)O)cc(C(F)(F)F)c2)cc(C(F)(F)F)c1. The van der Waals surface area contributed by atoms with E-state index >= 15 is 0 Å². The van der Waals surface area contributed by atoms with E-state index in [1.165, 1.54) is 0 Å². The normalized spacial score (nSPS) is 12.1. The monoisotopic (exact) mass is 410 g/mol. The van der Waals surface area contributed by atoms with Gasteiger partial charge in [0.25, 0.3) is 0 Å². The standard InChI is InChI=1S/C16H8F6O4S/c17-15(18,19)9-1-7(13(23)24)3-11(5-9)27-12-4-8(14(25)26)2-10(6-12)16(20,21)22/h1-6H,(H,23,24)(H,25,26). The van der Waals surface area contributed by atoms with Gasteiger partial charge in [-0.3, -0.25) is 0 Å². The first-order chi connectivity index (χ1) is 12.3. The largest absolute Gasteiger partial charge is 0.478 e. The van der Waals surface area contributed by atoms with Crippen molar-refractivity contribution < 1.29 is 46.1 Å². The summed E-state index contributed by atoms with van der Waals surface area (Å²) in [5, 5.41) is 17.9. The number of halogens is 6. The second kappa shape index (κ2) is 7.14. The Morgan fingerprint density at radius 1 is 0.667 bits per heavy atom. The van der Waals surface area contributed by atoms with Gasteiger partial charge in [0.15, 0.2) is 0 Å². The van der Waals surface area contributed by atoms with E-state index in [1.54, 1.807) is 0 Å². The highest BCUT2D eigenvalue weighted by molar-refractivity contribution is 7.99.